The molecule has 0 aliphatic carbocycles. The van der Waals surface area contributed by atoms with Crippen LogP contribution >= 0.6 is 22.7 Å². The smallest absolute Gasteiger partial charge is 0.275 e. The number of rotatable bonds is 5. The van der Waals surface area contributed by atoms with Crippen LogP contribution in [-0.2, 0) is 11.2 Å². The van der Waals surface area contributed by atoms with Crippen LogP contribution in [0, 0.1) is 0 Å². The molecule has 4 heterocycles. The van der Waals surface area contributed by atoms with E-state index in [0.29, 0.717) is 37.6 Å². The lowest BCUT2D eigenvalue weighted by Crippen LogP contribution is -2.46. The fraction of sp³-hybridized carbons (Fsp3) is 0.471. The van der Waals surface area contributed by atoms with Crippen LogP contribution in [0.15, 0.2) is 28.4 Å². The summed E-state index contributed by atoms with van der Waals surface area (Å²) >= 11 is 2.96. The molecule has 1 aliphatic rings. The van der Waals surface area contributed by atoms with Gasteiger partial charge >= 0.3 is 0 Å². The molecule has 26 heavy (non-hydrogen) atoms. The standard InChI is InChI=1S/C17H20N4O3S2/c1-2-11-8-15(23)21-16(18-11)26-17(19-21)20-5-6-24-10-12(20)9-13(22)14-4-3-7-25-14/h3-4,7-8,12-13,22H,2,5-6,9-10H2,1H3. The molecule has 1 N–H and O–H groups in total. The summed E-state index contributed by atoms with van der Waals surface area (Å²) in [5, 5.41) is 17.7. The first kappa shape index (κ1) is 17.6. The van der Waals surface area contributed by atoms with Gasteiger partial charge in [-0.1, -0.05) is 24.3 Å². The maximum Gasteiger partial charge on any atom is 0.275 e. The third kappa shape index (κ3) is 3.39. The summed E-state index contributed by atoms with van der Waals surface area (Å²) in [6.07, 6.45) is 0.733. The van der Waals surface area contributed by atoms with Crippen molar-refractivity contribution >= 4 is 32.8 Å². The van der Waals surface area contributed by atoms with E-state index in [2.05, 4.69) is 15.0 Å². The molecule has 138 valence electrons. The molecule has 1 aliphatic heterocycles. The Morgan fingerprint density at radius 2 is 2.38 bits per heavy atom. The predicted molar refractivity (Wildman–Crippen MR) is 102 cm³/mol. The molecule has 7 nitrogen and oxygen atoms in total. The summed E-state index contributed by atoms with van der Waals surface area (Å²) in [5.41, 5.74) is 0.620. The highest BCUT2D eigenvalue weighted by Crippen LogP contribution is 2.30. The van der Waals surface area contributed by atoms with Crippen LogP contribution in [0.4, 0.5) is 5.13 Å². The summed E-state index contributed by atoms with van der Waals surface area (Å²) < 4.78 is 6.99. The Labute approximate surface area is 158 Å². The van der Waals surface area contributed by atoms with Crippen molar-refractivity contribution in [2.24, 2.45) is 0 Å². The molecule has 1 fully saturated rings. The first-order chi connectivity index (χ1) is 12.7. The number of morpholine rings is 1. The van der Waals surface area contributed by atoms with Gasteiger partial charge < -0.3 is 14.7 Å². The molecule has 2 atom stereocenters. The minimum Gasteiger partial charge on any atom is -0.387 e. The Balaban J connectivity index is 1.62. The maximum atomic E-state index is 12.3. The van der Waals surface area contributed by atoms with Gasteiger partial charge in [-0.15, -0.1) is 16.4 Å². The number of aryl methyl sites for hydroxylation is 1. The van der Waals surface area contributed by atoms with E-state index in [4.69, 9.17) is 4.74 Å². The Hall–Kier alpha value is -1.81. The van der Waals surface area contributed by atoms with Crippen LogP contribution in [0.5, 0.6) is 0 Å². The highest BCUT2D eigenvalue weighted by molar-refractivity contribution is 7.20. The number of hydrogen-bond donors (Lipinski definition) is 1. The largest absolute Gasteiger partial charge is 0.387 e. The fourth-order valence-corrected chi connectivity index (χ4v) is 4.85. The van der Waals surface area contributed by atoms with Gasteiger partial charge in [0.1, 0.15) is 0 Å². The Kier molecular flexibility index (Phi) is 5.03. The van der Waals surface area contributed by atoms with Gasteiger partial charge in [-0.25, -0.2) is 4.98 Å². The third-order valence-corrected chi connectivity index (χ3v) is 6.41. The molecule has 0 aromatic carbocycles. The fourth-order valence-electron chi connectivity index (χ4n) is 3.10. The van der Waals surface area contributed by atoms with Crippen LogP contribution in [0.3, 0.4) is 0 Å². The molecular formula is C17H20N4O3S2. The summed E-state index contributed by atoms with van der Waals surface area (Å²) in [4.78, 5) is 20.4. The van der Waals surface area contributed by atoms with Gasteiger partial charge in [0.05, 0.1) is 25.4 Å². The van der Waals surface area contributed by atoms with Gasteiger partial charge in [0.15, 0.2) is 0 Å². The van der Waals surface area contributed by atoms with Gasteiger partial charge in [-0.05, 0) is 17.9 Å². The molecule has 0 amide bonds. The van der Waals surface area contributed by atoms with E-state index in [1.54, 1.807) is 11.3 Å². The first-order valence-electron chi connectivity index (χ1n) is 8.61. The highest BCUT2D eigenvalue weighted by Gasteiger charge is 2.29. The molecule has 0 radical (unpaired) electrons. The molecule has 3 aromatic rings. The van der Waals surface area contributed by atoms with Crippen molar-refractivity contribution in [2.45, 2.75) is 31.9 Å². The number of aliphatic hydroxyl groups excluding tert-OH is 1. The van der Waals surface area contributed by atoms with Crippen molar-refractivity contribution in [1.29, 1.82) is 0 Å². The first-order valence-corrected chi connectivity index (χ1v) is 10.3. The lowest BCUT2D eigenvalue weighted by molar-refractivity contribution is 0.0687. The van der Waals surface area contributed by atoms with Crippen molar-refractivity contribution in [3.63, 3.8) is 0 Å². The van der Waals surface area contributed by atoms with Gasteiger partial charge in [0.2, 0.25) is 10.1 Å². The maximum absolute atomic E-state index is 12.3. The van der Waals surface area contributed by atoms with Gasteiger partial charge in [-0.2, -0.15) is 4.52 Å². The van der Waals surface area contributed by atoms with E-state index < -0.39 is 6.10 Å². The molecule has 0 saturated carbocycles. The van der Waals surface area contributed by atoms with E-state index in [1.807, 2.05) is 24.4 Å². The van der Waals surface area contributed by atoms with E-state index >= 15 is 0 Å². The summed E-state index contributed by atoms with van der Waals surface area (Å²) in [5.74, 6) is 0. The van der Waals surface area contributed by atoms with Crippen molar-refractivity contribution in [3.05, 3.63) is 44.5 Å². The van der Waals surface area contributed by atoms with Crippen LogP contribution in [0.1, 0.15) is 30.0 Å². The highest BCUT2D eigenvalue weighted by atomic mass is 32.1. The SMILES string of the molecule is CCc1cc(=O)n2nc(N3CCOCC3CC(O)c3cccs3)sc2n1. The van der Waals surface area contributed by atoms with Crippen molar-refractivity contribution in [2.75, 3.05) is 24.7 Å². The number of anilines is 1. The second-order valence-electron chi connectivity index (χ2n) is 6.21. The molecule has 9 heteroatoms. The molecule has 0 bridgehead atoms. The average Bonchev–Trinajstić information content (AvgIpc) is 3.32. The number of ether oxygens (including phenoxy) is 1. The van der Waals surface area contributed by atoms with Crippen molar-refractivity contribution < 1.29 is 9.84 Å². The summed E-state index contributed by atoms with van der Waals surface area (Å²) in [6, 6.07) is 5.42. The third-order valence-electron chi connectivity index (χ3n) is 4.49. The number of nitrogens with zero attached hydrogens (tertiary/aromatic N) is 4. The second kappa shape index (κ2) is 7.43. The van der Waals surface area contributed by atoms with E-state index in [0.717, 1.165) is 15.7 Å². The average molecular weight is 393 g/mol. The molecule has 1 saturated heterocycles. The monoisotopic (exact) mass is 392 g/mol. The summed E-state index contributed by atoms with van der Waals surface area (Å²) in [7, 11) is 0. The minimum atomic E-state index is -0.536. The lowest BCUT2D eigenvalue weighted by atomic mass is 10.1. The molecule has 3 aromatic heterocycles. The number of aromatic nitrogens is 3. The predicted octanol–water partition coefficient (Wildman–Crippen LogP) is 2.10. The van der Waals surface area contributed by atoms with E-state index in [1.165, 1.54) is 21.9 Å². The van der Waals surface area contributed by atoms with Crippen LogP contribution in [0.25, 0.3) is 4.96 Å². The van der Waals surface area contributed by atoms with Gasteiger partial charge in [0, 0.05) is 29.6 Å². The van der Waals surface area contributed by atoms with E-state index in [-0.39, 0.29) is 11.6 Å². The lowest BCUT2D eigenvalue weighted by Gasteiger charge is -2.36. The quantitative estimate of drug-likeness (QED) is 0.716. The zero-order valence-electron chi connectivity index (χ0n) is 14.4. The second-order valence-corrected chi connectivity index (χ2v) is 8.12. The van der Waals surface area contributed by atoms with Gasteiger partial charge in [0.25, 0.3) is 5.56 Å². The molecule has 4 rings (SSSR count). The van der Waals surface area contributed by atoms with Gasteiger partial charge in [-0.3, -0.25) is 4.79 Å². The topological polar surface area (TPSA) is 80.0 Å². The van der Waals surface area contributed by atoms with E-state index in [9.17, 15) is 9.90 Å². The number of thiophene rings is 1. The normalized spacial score (nSPS) is 19.2. The van der Waals surface area contributed by atoms with Crippen molar-refractivity contribution in [1.82, 2.24) is 14.6 Å². The number of fused-ring (bicyclic) bond motifs is 1. The molecule has 0 spiro atoms. The Morgan fingerprint density at radius 3 is 3.15 bits per heavy atom. The zero-order chi connectivity index (χ0) is 18.1. The van der Waals surface area contributed by atoms with Crippen LogP contribution in [-0.4, -0.2) is 45.5 Å². The number of aliphatic hydroxyl groups is 1. The molecule has 2 unspecified atom stereocenters. The molecular weight excluding hydrogens is 372 g/mol. The number of hydrogen-bond acceptors (Lipinski definition) is 8. The Bertz CT molecular complexity index is 937. The summed E-state index contributed by atoms with van der Waals surface area (Å²) in [6.45, 7) is 3.78. The minimum absolute atomic E-state index is 0.00256. The van der Waals surface area contributed by atoms with Crippen LogP contribution < -0.4 is 10.5 Å². The van der Waals surface area contributed by atoms with Crippen LogP contribution in [0.2, 0.25) is 0 Å². The van der Waals surface area contributed by atoms with Crippen molar-refractivity contribution in [3.8, 4) is 0 Å². The Morgan fingerprint density at radius 1 is 1.50 bits per heavy atom. The zero-order valence-corrected chi connectivity index (χ0v) is 16.0.